The van der Waals surface area contributed by atoms with Gasteiger partial charge >= 0.3 is 0 Å². The molecule has 0 saturated heterocycles. The quantitative estimate of drug-likeness (QED) is 0.251. The van der Waals surface area contributed by atoms with Gasteiger partial charge in [0.1, 0.15) is 5.75 Å². The van der Waals surface area contributed by atoms with Gasteiger partial charge in [-0.25, -0.2) is 0 Å². The van der Waals surface area contributed by atoms with Crippen molar-refractivity contribution in [3.8, 4) is 34.4 Å². The molecular weight excluding hydrogens is 454 g/mol. The summed E-state index contributed by atoms with van der Waals surface area (Å²) in [6.07, 6.45) is 0. The predicted octanol–water partition coefficient (Wildman–Crippen LogP) is 5.25. The lowest BCUT2D eigenvalue weighted by Gasteiger charge is -2.11. The number of aromatic nitrogens is 3. The molecule has 0 spiro atoms. The van der Waals surface area contributed by atoms with Crippen LogP contribution in [0.2, 0.25) is 0 Å². The lowest BCUT2D eigenvalue weighted by atomic mass is 10.2. The van der Waals surface area contributed by atoms with Crippen molar-refractivity contribution in [3.63, 3.8) is 0 Å². The van der Waals surface area contributed by atoms with E-state index in [9.17, 15) is 4.79 Å². The number of rotatable bonds is 8. The molecule has 0 amide bonds. The van der Waals surface area contributed by atoms with Gasteiger partial charge in [0.05, 0.1) is 12.4 Å². The minimum atomic E-state index is -0.00174. The van der Waals surface area contributed by atoms with Crippen LogP contribution in [0.15, 0.2) is 58.2 Å². The average Bonchev–Trinajstić information content (AvgIpc) is 3.57. The van der Waals surface area contributed by atoms with Crippen molar-refractivity contribution in [1.29, 1.82) is 0 Å². The van der Waals surface area contributed by atoms with Crippen LogP contribution >= 0.6 is 11.8 Å². The first kappa shape index (κ1) is 22.1. The number of Topliss-reactive ketones (excluding diaryl/α,β-unsaturated/α-hetero) is 1. The molecule has 0 aliphatic carbocycles. The maximum atomic E-state index is 13.0. The van der Waals surface area contributed by atoms with Gasteiger partial charge in [-0.2, -0.15) is 0 Å². The van der Waals surface area contributed by atoms with Gasteiger partial charge in [-0.1, -0.05) is 11.8 Å². The molecule has 0 fully saturated rings. The molecule has 0 radical (unpaired) electrons. The van der Waals surface area contributed by atoms with Crippen molar-refractivity contribution in [2.45, 2.75) is 26.0 Å². The summed E-state index contributed by atoms with van der Waals surface area (Å²) >= 11 is 1.22. The van der Waals surface area contributed by atoms with Crippen molar-refractivity contribution in [2.24, 2.45) is 0 Å². The highest BCUT2D eigenvalue weighted by Crippen LogP contribution is 2.36. The largest absolute Gasteiger partial charge is 0.494 e. The van der Waals surface area contributed by atoms with E-state index in [1.807, 2.05) is 57.2 Å². The second-order valence-electron chi connectivity index (χ2n) is 7.70. The van der Waals surface area contributed by atoms with E-state index in [1.54, 1.807) is 12.1 Å². The lowest BCUT2D eigenvalue weighted by Crippen LogP contribution is -2.05. The lowest BCUT2D eigenvalue weighted by molar-refractivity contribution is 0.102. The number of ether oxygens (including phenoxy) is 3. The van der Waals surface area contributed by atoms with Gasteiger partial charge < -0.3 is 23.2 Å². The Labute approximate surface area is 200 Å². The molecule has 2 aromatic carbocycles. The topological polar surface area (TPSA) is 88.6 Å². The Morgan fingerprint density at radius 3 is 2.65 bits per heavy atom. The summed E-state index contributed by atoms with van der Waals surface area (Å²) in [5.74, 6) is 2.70. The van der Waals surface area contributed by atoms with Crippen LogP contribution in [0.4, 0.5) is 0 Å². The Hall–Kier alpha value is -3.72. The summed E-state index contributed by atoms with van der Waals surface area (Å²) in [5.41, 5.74) is 4.26. The Balaban J connectivity index is 1.28. The van der Waals surface area contributed by atoms with Crippen molar-refractivity contribution < 1.29 is 23.4 Å². The predicted molar refractivity (Wildman–Crippen MR) is 127 cm³/mol. The molecule has 3 heterocycles. The van der Waals surface area contributed by atoms with Gasteiger partial charge in [-0.15, -0.1) is 10.2 Å². The fourth-order valence-corrected chi connectivity index (χ4v) is 4.57. The molecule has 2 aromatic heterocycles. The maximum Gasteiger partial charge on any atom is 0.277 e. The van der Waals surface area contributed by atoms with E-state index in [1.165, 1.54) is 11.8 Å². The van der Waals surface area contributed by atoms with Crippen molar-refractivity contribution >= 4 is 17.5 Å². The van der Waals surface area contributed by atoms with Gasteiger partial charge in [-0.3, -0.25) is 4.79 Å². The number of benzene rings is 2. The van der Waals surface area contributed by atoms with E-state index >= 15 is 0 Å². The number of aryl methyl sites for hydroxylation is 1. The number of hydrogen-bond acceptors (Lipinski definition) is 8. The summed E-state index contributed by atoms with van der Waals surface area (Å²) in [5, 5.41) is 8.51. The SMILES string of the molecule is CCOc1ccc(-n2c(C)cc(C(=O)CSc3nnc(-c4ccc5c(c4)OCO5)o3)c2C)cc1. The second-order valence-corrected chi connectivity index (χ2v) is 8.63. The summed E-state index contributed by atoms with van der Waals surface area (Å²) in [7, 11) is 0. The van der Waals surface area contributed by atoms with Crippen LogP contribution in [-0.2, 0) is 0 Å². The smallest absolute Gasteiger partial charge is 0.277 e. The molecule has 1 aliphatic rings. The number of carbonyl (C=O) groups excluding carboxylic acids is 1. The van der Waals surface area contributed by atoms with Crippen LogP contribution in [0.1, 0.15) is 28.7 Å². The standard InChI is InChI=1S/C25H23N3O5S/c1-4-30-19-8-6-18(7-9-19)28-15(2)11-20(16(28)3)21(29)13-34-25-27-26-24(33-25)17-5-10-22-23(12-17)32-14-31-22/h5-12H,4,13-14H2,1-3H3. The average molecular weight is 478 g/mol. The van der Waals surface area contributed by atoms with E-state index in [4.69, 9.17) is 18.6 Å². The summed E-state index contributed by atoms with van der Waals surface area (Å²) in [6.45, 7) is 6.71. The first-order valence-corrected chi connectivity index (χ1v) is 11.8. The molecule has 0 bridgehead atoms. The number of carbonyl (C=O) groups is 1. The van der Waals surface area contributed by atoms with Gasteiger partial charge in [0.25, 0.3) is 5.22 Å². The molecule has 0 saturated carbocycles. The van der Waals surface area contributed by atoms with Crippen LogP contribution in [-0.4, -0.2) is 39.7 Å². The fourth-order valence-electron chi connectivity index (χ4n) is 3.92. The van der Waals surface area contributed by atoms with E-state index < -0.39 is 0 Å². The second kappa shape index (κ2) is 9.26. The Bertz CT molecular complexity index is 1340. The highest BCUT2D eigenvalue weighted by molar-refractivity contribution is 7.99. The highest BCUT2D eigenvalue weighted by Gasteiger charge is 2.20. The minimum absolute atomic E-state index is 0.00174. The number of nitrogens with zero attached hydrogens (tertiary/aromatic N) is 3. The van der Waals surface area contributed by atoms with Crippen LogP contribution < -0.4 is 14.2 Å². The Kier molecular flexibility index (Phi) is 6.02. The molecule has 4 aromatic rings. The van der Waals surface area contributed by atoms with Crippen molar-refractivity contribution in [3.05, 3.63) is 65.5 Å². The van der Waals surface area contributed by atoms with E-state index in [0.717, 1.165) is 28.4 Å². The molecule has 5 rings (SSSR count). The third-order valence-corrected chi connectivity index (χ3v) is 6.31. The normalized spacial score (nSPS) is 12.2. The molecule has 0 N–H and O–H groups in total. The molecule has 0 unspecified atom stereocenters. The fraction of sp³-hybridized carbons (Fsp3) is 0.240. The number of thioether (sulfide) groups is 1. The number of hydrogen-bond donors (Lipinski definition) is 0. The monoisotopic (exact) mass is 477 g/mol. The zero-order valence-electron chi connectivity index (χ0n) is 19.0. The summed E-state index contributed by atoms with van der Waals surface area (Å²) < 4.78 is 24.1. The first-order valence-electron chi connectivity index (χ1n) is 10.8. The van der Waals surface area contributed by atoms with E-state index in [-0.39, 0.29) is 18.3 Å². The minimum Gasteiger partial charge on any atom is -0.494 e. The Morgan fingerprint density at radius 1 is 1.06 bits per heavy atom. The third-order valence-electron chi connectivity index (χ3n) is 5.49. The highest BCUT2D eigenvalue weighted by atomic mass is 32.2. The molecule has 8 nitrogen and oxygen atoms in total. The summed E-state index contributed by atoms with van der Waals surface area (Å²) in [6, 6.07) is 15.2. The van der Waals surface area contributed by atoms with Crippen molar-refractivity contribution in [1.82, 2.24) is 14.8 Å². The first-order chi connectivity index (χ1) is 16.5. The third kappa shape index (κ3) is 4.26. The van der Waals surface area contributed by atoms with Crippen LogP contribution in [0, 0.1) is 13.8 Å². The molecule has 9 heteroatoms. The van der Waals surface area contributed by atoms with Crippen LogP contribution in [0.3, 0.4) is 0 Å². The maximum absolute atomic E-state index is 13.0. The molecule has 174 valence electrons. The number of fused-ring (bicyclic) bond motifs is 1. The van der Waals surface area contributed by atoms with E-state index in [2.05, 4.69) is 14.8 Å². The van der Waals surface area contributed by atoms with Crippen molar-refractivity contribution in [2.75, 3.05) is 19.2 Å². The zero-order valence-corrected chi connectivity index (χ0v) is 19.8. The molecule has 0 atom stereocenters. The number of ketones is 1. The zero-order chi connectivity index (χ0) is 23.7. The van der Waals surface area contributed by atoms with Gasteiger partial charge in [0.2, 0.25) is 12.7 Å². The summed E-state index contributed by atoms with van der Waals surface area (Å²) in [4.78, 5) is 13.0. The molecular formula is C25H23N3O5S. The molecule has 34 heavy (non-hydrogen) atoms. The van der Waals surface area contributed by atoms with E-state index in [0.29, 0.717) is 34.8 Å². The van der Waals surface area contributed by atoms with Gasteiger partial charge in [0.15, 0.2) is 17.3 Å². The Morgan fingerprint density at radius 2 is 1.85 bits per heavy atom. The van der Waals surface area contributed by atoms with Gasteiger partial charge in [-0.05, 0) is 69.3 Å². The van der Waals surface area contributed by atoms with Crippen LogP contribution in [0.5, 0.6) is 17.2 Å². The van der Waals surface area contributed by atoms with Gasteiger partial charge in [0, 0.05) is 28.2 Å². The van der Waals surface area contributed by atoms with Crippen LogP contribution in [0.25, 0.3) is 17.1 Å². The molecule has 1 aliphatic heterocycles.